The number of nitrogens with one attached hydrogen (secondary N) is 1. The third kappa shape index (κ3) is 4.93. The van der Waals surface area contributed by atoms with Crippen LogP contribution in [-0.2, 0) is 11.0 Å². The maximum Gasteiger partial charge on any atom is 0.416 e. The molecule has 11 heteroatoms. The number of likely N-dealkylation sites (tertiary alicyclic amines) is 1. The lowest BCUT2D eigenvalue weighted by Gasteiger charge is -2.12. The zero-order chi connectivity index (χ0) is 26.9. The van der Waals surface area contributed by atoms with Crippen molar-refractivity contribution < 1.29 is 22.8 Å². The van der Waals surface area contributed by atoms with Crippen LogP contribution in [0.3, 0.4) is 0 Å². The topological polar surface area (TPSA) is 92.5 Å². The quantitative estimate of drug-likeness (QED) is 0.405. The van der Waals surface area contributed by atoms with Gasteiger partial charge in [-0.15, -0.1) is 0 Å². The fourth-order valence-corrected chi connectivity index (χ4v) is 4.45. The van der Waals surface area contributed by atoms with Crippen LogP contribution in [0.2, 0.25) is 0 Å². The molecule has 2 amide bonds. The summed E-state index contributed by atoms with van der Waals surface area (Å²) in [4.78, 5) is 39.5. The number of pyridine rings is 1. The van der Waals surface area contributed by atoms with E-state index in [4.69, 9.17) is 4.98 Å². The molecule has 8 nitrogen and oxygen atoms in total. The van der Waals surface area contributed by atoms with E-state index in [0.29, 0.717) is 18.8 Å². The fourth-order valence-electron chi connectivity index (χ4n) is 4.45. The molecule has 1 fully saturated rings. The minimum Gasteiger partial charge on any atom is -0.331 e. The number of carbonyl (C=O) groups excluding carboxylic acids is 2. The Balaban J connectivity index is 1.38. The van der Waals surface area contributed by atoms with Crippen molar-refractivity contribution >= 4 is 23.1 Å². The van der Waals surface area contributed by atoms with Gasteiger partial charge in [-0.1, -0.05) is 18.1 Å². The average Bonchev–Trinajstić information content (AvgIpc) is 3.54. The number of carbonyl (C=O) groups is 2. The normalized spacial score (nSPS) is 15.3. The van der Waals surface area contributed by atoms with Gasteiger partial charge in [-0.25, -0.2) is 9.97 Å². The molecule has 1 aromatic carbocycles. The van der Waals surface area contributed by atoms with E-state index >= 15 is 0 Å². The first-order valence-electron chi connectivity index (χ1n) is 11.7. The van der Waals surface area contributed by atoms with Gasteiger partial charge in [0.2, 0.25) is 0 Å². The Bertz CT molecular complexity index is 1580. The minimum atomic E-state index is -4.54. The van der Waals surface area contributed by atoms with E-state index in [0.717, 1.165) is 41.7 Å². The molecule has 1 N–H and O–H groups in total. The van der Waals surface area contributed by atoms with Crippen LogP contribution in [0.1, 0.15) is 41.0 Å². The zero-order valence-electron chi connectivity index (χ0n) is 20.2. The summed E-state index contributed by atoms with van der Waals surface area (Å²) >= 11 is 0. The van der Waals surface area contributed by atoms with Crippen LogP contribution < -0.4 is 5.32 Å². The highest BCUT2D eigenvalue weighted by atomic mass is 19.4. The molecule has 192 valence electrons. The molecule has 0 spiro atoms. The summed E-state index contributed by atoms with van der Waals surface area (Å²) in [7, 11) is 0. The standard InChI is InChI=1S/C27H21F3N6O2/c1-2-3-23(37)35-12-9-19(16-35)25-34-24(21-15-31-11-13-36(21)25)17-4-6-18(7-5-17)26(38)33-22-14-20(8-10-32-22)27(28,29)30/h4-8,10-11,13-15,19H,9,12,16H2,1H3,(H,32,33,38). The van der Waals surface area contributed by atoms with E-state index in [9.17, 15) is 22.8 Å². The van der Waals surface area contributed by atoms with Gasteiger partial charge in [-0.3, -0.25) is 19.0 Å². The summed E-state index contributed by atoms with van der Waals surface area (Å²) in [5, 5.41) is 2.40. The molecule has 4 heterocycles. The lowest BCUT2D eigenvalue weighted by Crippen LogP contribution is -2.27. The van der Waals surface area contributed by atoms with Gasteiger partial charge in [-0.2, -0.15) is 13.2 Å². The van der Waals surface area contributed by atoms with E-state index in [1.54, 1.807) is 48.5 Å². The summed E-state index contributed by atoms with van der Waals surface area (Å²) in [6, 6.07) is 8.19. The third-order valence-corrected chi connectivity index (χ3v) is 6.30. The van der Waals surface area contributed by atoms with Crippen LogP contribution >= 0.6 is 0 Å². The molecule has 3 aromatic heterocycles. The van der Waals surface area contributed by atoms with Crippen molar-refractivity contribution in [2.24, 2.45) is 0 Å². The Morgan fingerprint density at radius 1 is 1.13 bits per heavy atom. The number of amides is 2. The molecule has 0 radical (unpaired) electrons. The maximum absolute atomic E-state index is 13.0. The number of rotatable bonds is 4. The molecule has 5 rings (SSSR count). The maximum atomic E-state index is 13.0. The smallest absolute Gasteiger partial charge is 0.331 e. The van der Waals surface area contributed by atoms with Crippen molar-refractivity contribution in [1.82, 2.24) is 24.3 Å². The van der Waals surface area contributed by atoms with Crippen molar-refractivity contribution in [2.75, 3.05) is 18.4 Å². The van der Waals surface area contributed by atoms with Gasteiger partial charge in [0.05, 0.1) is 23.0 Å². The Labute approximate surface area is 215 Å². The van der Waals surface area contributed by atoms with Gasteiger partial charge in [0, 0.05) is 48.7 Å². The van der Waals surface area contributed by atoms with E-state index in [2.05, 4.69) is 27.1 Å². The first-order valence-corrected chi connectivity index (χ1v) is 11.7. The van der Waals surface area contributed by atoms with Gasteiger partial charge in [0.15, 0.2) is 0 Å². The van der Waals surface area contributed by atoms with E-state index in [1.165, 1.54) is 0 Å². The second-order valence-corrected chi connectivity index (χ2v) is 8.72. The van der Waals surface area contributed by atoms with Gasteiger partial charge in [-0.05, 0) is 43.5 Å². The largest absolute Gasteiger partial charge is 0.416 e. The van der Waals surface area contributed by atoms with Crippen LogP contribution in [0.25, 0.3) is 16.8 Å². The highest BCUT2D eigenvalue weighted by molar-refractivity contribution is 6.04. The number of nitrogens with zero attached hydrogens (tertiary/aromatic N) is 5. The Morgan fingerprint density at radius 2 is 1.92 bits per heavy atom. The highest BCUT2D eigenvalue weighted by Crippen LogP contribution is 2.33. The van der Waals surface area contributed by atoms with Gasteiger partial charge >= 0.3 is 6.18 Å². The molecule has 1 aliphatic heterocycles. The van der Waals surface area contributed by atoms with Gasteiger partial charge in [0.1, 0.15) is 11.6 Å². The Kier molecular flexibility index (Phi) is 6.55. The molecule has 1 aliphatic rings. The third-order valence-electron chi connectivity index (χ3n) is 6.30. The molecule has 0 bridgehead atoms. The molecule has 1 saturated heterocycles. The van der Waals surface area contributed by atoms with E-state index in [1.807, 2.05) is 10.6 Å². The van der Waals surface area contributed by atoms with Gasteiger partial charge in [0.25, 0.3) is 11.8 Å². The summed E-state index contributed by atoms with van der Waals surface area (Å²) in [5.41, 5.74) is 1.51. The molecule has 1 unspecified atom stereocenters. The molecular formula is C27H21F3N6O2. The van der Waals surface area contributed by atoms with E-state index < -0.39 is 17.6 Å². The van der Waals surface area contributed by atoms with Crippen molar-refractivity contribution in [1.29, 1.82) is 0 Å². The van der Waals surface area contributed by atoms with Crippen molar-refractivity contribution in [3.63, 3.8) is 0 Å². The first-order chi connectivity index (χ1) is 18.2. The first kappa shape index (κ1) is 25.0. The summed E-state index contributed by atoms with van der Waals surface area (Å²) in [5.74, 6) is 5.05. The van der Waals surface area contributed by atoms with Crippen LogP contribution in [0.5, 0.6) is 0 Å². The zero-order valence-corrected chi connectivity index (χ0v) is 20.2. The Hall–Kier alpha value is -4.72. The molecule has 1 atom stereocenters. The molecule has 0 saturated carbocycles. The highest BCUT2D eigenvalue weighted by Gasteiger charge is 2.31. The second-order valence-electron chi connectivity index (χ2n) is 8.72. The molecule has 0 aliphatic carbocycles. The molecule has 38 heavy (non-hydrogen) atoms. The van der Waals surface area contributed by atoms with Crippen LogP contribution in [-0.4, -0.2) is 49.2 Å². The number of aromatic nitrogens is 4. The SMILES string of the molecule is CC#CC(=O)N1CCC(c2nc(-c3ccc(C(=O)Nc4cc(C(F)(F)F)ccn4)cc3)c3cnccn23)C1. The number of alkyl halides is 3. The second kappa shape index (κ2) is 9.97. The summed E-state index contributed by atoms with van der Waals surface area (Å²) < 4.78 is 40.8. The van der Waals surface area contributed by atoms with Crippen molar-refractivity contribution in [3.8, 4) is 23.1 Å². The average molecular weight is 518 g/mol. The van der Waals surface area contributed by atoms with Crippen molar-refractivity contribution in [2.45, 2.75) is 25.4 Å². The number of anilines is 1. The fraction of sp³-hybridized carbons (Fsp3) is 0.222. The van der Waals surface area contributed by atoms with Crippen molar-refractivity contribution in [3.05, 3.63) is 78.1 Å². The van der Waals surface area contributed by atoms with E-state index in [-0.39, 0.29) is 23.2 Å². The molecule has 4 aromatic rings. The Morgan fingerprint density at radius 3 is 2.66 bits per heavy atom. The minimum absolute atomic E-state index is 0.0197. The molecular weight excluding hydrogens is 497 g/mol. The number of halogens is 3. The number of fused-ring (bicyclic) bond motifs is 1. The number of benzene rings is 1. The van der Waals surface area contributed by atoms with Crippen LogP contribution in [0.15, 0.2) is 61.2 Å². The predicted molar refractivity (Wildman–Crippen MR) is 133 cm³/mol. The number of hydrogen-bond donors (Lipinski definition) is 1. The van der Waals surface area contributed by atoms with Crippen LogP contribution in [0, 0.1) is 11.8 Å². The summed E-state index contributed by atoms with van der Waals surface area (Å²) in [6.07, 6.45) is 2.39. The lowest BCUT2D eigenvalue weighted by molar-refractivity contribution is -0.137. The lowest BCUT2D eigenvalue weighted by atomic mass is 10.1. The number of hydrogen-bond acceptors (Lipinski definition) is 5. The predicted octanol–water partition coefficient (Wildman–Crippen LogP) is 4.40. The monoisotopic (exact) mass is 518 g/mol. The van der Waals surface area contributed by atoms with Crippen LogP contribution in [0.4, 0.5) is 19.0 Å². The number of imidazole rings is 1. The van der Waals surface area contributed by atoms with Gasteiger partial charge < -0.3 is 10.2 Å². The summed E-state index contributed by atoms with van der Waals surface area (Å²) in [6.45, 7) is 2.74.